The first-order chi connectivity index (χ1) is 10.1. The van der Waals surface area contributed by atoms with E-state index in [0.29, 0.717) is 0 Å². The first kappa shape index (κ1) is 21.7. The Labute approximate surface area is 148 Å². The second kappa shape index (κ2) is 10.4. The van der Waals surface area contributed by atoms with Crippen LogP contribution in [0, 0.1) is 10.1 Å². The highest BCUT2D eigenvalue weighted by Gasteiger charge is 2.24. The van der Waals surface area contributed by atoms with Crippen molar-refractivity contribution >= 4 is 30.5 Å². The summed E-state index contributed by atoms with van der Waals surface area (Å²) in [6.45, 7) is 7.42. The van der Waals surface area contributed by atoms with Gasteiger partial charge in [-0.2, -0.15) is 0 Å². The first-order valence-corrected chi connectivity index (χ1v) is 7.16. The van der Waals surface area contributed by atoms with E-state index in [1.54, 1.807) is 6.07 Å². The van der Waals surface area contributed by atoms with Gasteiger partial charge in [-0.15, -0.1) is 31.4 Å². The van der Waals surface area contributed by atoms with Gasteiger partial charge in [0, 0.05) is 38.3 Å². The highest BCUT2D eigenvalue weighted by atomic mass is 35.5. The molecule has 1 aromatic rings. The number of benzene rings is 1. The Balaban J connectivity index is 0.00000242. The highest BCUT2D eigenvalue weighted by molar-refractivity contribution is 5.85. The number of hydrogen-bond acceptors (Lipinski definition) is 5. The standard InChI is InChI=1S/C15H21N3O3.2ClH/c1-2-3-4-13(17-9-7-16-8-10-17)12-5-6-15(19)14(11-12)18(20)21;;/h2,5-6,11,13,16,19H,1,3-4,7-10H2;2*1H/t13-;;/m1../s1. The molecule has 2 rings (SSSR count). The fourth-order valence-corrected chi connectivity index (χ4v) is 2.72. The van der Waals surface area contributed by atoms with Gasteiger partial charge in [0.05, 0.1) is 4.92 Å². The molecule has 0 bridgehead atoms. The van der Waals surface area contributed by atoms with Gasteiger partial charge in [0.15, 0.2) is 5.75 Å². The van der Waals surface area contributed by atoms with Gasteiger partial charge in [0.25, 0.3) is 0 Å². The van der Waals surface area contributed by atoms with Crippen LogP contribution in [0.5, 0.6) is 5.75 Å². The van der Waals surface area contributed by atoms with Crippen LogP contribution < -0.4 is 5.32 Å². The molecule has 1 atom stereocenters. The number of nitro benzene ring substituents is 1. The fourth-order valence-electron chi connectivity index (χ4n) is 2.72. The molecule has 0 amide bonds. The zero-order valence-electron chi connectivity index (χ0n) is 12.8. The minimum Gasteiger partial charge on any atom is -0.502 e. The third-order valence-electron chi connectivity index (χ3n) is 3.82. The smallest absolute Gasteiger partial charge is 0.311 e. The van der Waals surface area contributed by atoms with E-state index in [4.69, 9.17) is 0 Å². The number of hydrogen-bond donors (Lipinski definition) is 2. The molecule has 23 heavy (non-hydrogen) atoms. The Morgan fingerprint density at radius 2 is 2.04 bits per heavy atom. The zero-order chi connectivity index (χ0) is 15.2. The van der Waals surface area contributed by atoms with Gasteiger partial charge < -0.3 is 10.4 Å². The predicted molar refractivity (Wildman–Crippen MR) is 95.9 cm³/mol. The molecule has 0 aliphatic carbocycles. The van der Waals surface area contributed by atoms with Crippen molar-refractivity contribution in [3.05, 3.63) is 46.5 Å². The second-order valence-corrected chi connectivity index (χ2v) is 5.17. The maximum absolute atomic E-state index is 11.0. The Morgan fingerprint density at radius 1 is 1.39 bits per heavy atom. The van der Waals surface area contributed by atoms with Gasteiger partial charge >= 0.3 is 5.69 Å². The number of piperazine rings is 1. The van der Waals surface area contributed by atoms with Gasteiger partial charge in [-0.25, -0.2) is 0 Å². The summed E-state index contributed by atoms with van der Waals surface area (Å²) in [4.78, 5) is 12.8. The minimum absolute atomic E-state index is 0. The lowest BCUT2D eigenvalue weighted by atomic mass is 9.98. The molecule has 2 N–H and O–H groups in total. The highest BCUT2D eigenvalue weighted by Crippen LogP contribution is 2.33. The largest absolute Gasteiger partial charge is 0.502 e. The lowest BCUT2D eigenvalue weighted by Gasteiger charge is -2.35. The Kier molecular flexibility index (Phi) is 9.83. The minimum atomic E-state index is -0.541. The van der Waals surface area contributed by atoms with Gasteiger partial charge in [-0.1, -0.05) is 12.1 Å². The Hall–Kier alpha value is -1.34. The molecule has 1 aliphatic rings. The van der Waals surface area contributed by atoms with Crippen LogP contribution in [-0.2, 0) is 0 Å². The fraction of sp³-hybridized carbons (Fsp3) is 0.467. The first-order valence-electron chi connectivity index (χ1n) is 7.16. The van der Waals surface area contributed by atoms with Crippen molar-refractivity contribution in [1.82, 2.24) is 10.2 Å². The summed E-state index contributed by atoms with van der Waals surface area (Å²) in [6.07, 6.45) is 3.58. The van der Waals surface area contributed by atoms with E-state index in [-0.39, 0.29) is 42.3 Å². The number of nitrogens with zero attached hydrogens (tertiary/aromatic N) is 2. The van der Waals surface area contributed by atoms with Crippen LogP contribution >= 0.6 is 24.8 Å². The average Bonchev–Trinajstić information content (AvgIpc) is 2.50. The summed E-state index contributed by atoms with van der Waals surface area (Å²) in [5.41, 5.74) is 0.648. The quantitative estimate of drug-likeness (QED) is 0.461. The molecule has 0 spiro atoms. The van der Waals surface area contributed by atoms with Crippen LogP contribution in [0.4, 0.5) is 5.69 Å². The number of allylic oxidation sites excluding steroid dienone is 1. The molecule has 1 aromatic carbocycles. The summed E-state index contributed by atoms with van der Waals surface area (Å²) in [5, 5.41) is 23.9. The monoisotopic (exact) mass is 363 g/mol. The summed E-state index contributed by atoms with van der Waals surface area (Å²) in [7, 11) is 0. The van der Waals surface area contributed by atoms with Gasteiger partial charge in [0.2, 0.25) is 0 Å². The molecule has 130 valence electrons. The van der Waals surface area contributed by atoms with Crippen molar-refractivity contribution in [3.63, 3.8) is 0 Å². The molecule has 8 heteroatoms. The normalized spacial score (nSPS) is 15.8. The van der Waals surface area contributed by atoms with E-state index in [1.165, 1.54) is 12.1 Å². The SMILES string of the molecule is C=CCC[C@H](c1ccc(O)c([N+](=O)[O-])c1)N1CCNCC1.Cl.Cl. The molecular weight excluding hydrogens is 341 g/mol. The number of halogens is 2. The summed E-state index contributed by atoms with van der Waals surface area (Å²) < 4.78 is 0. The molecule has 1 fully saturated rings. The maximum Gasteiger partial charge on any atom is 0.311 e. The lowest BCUT2D eigenvalue weighted by Crippen LogP contribution is -2.45. The average molecular weight is 364 g/mol. The number of nitrogens with one attached hydrogen (secondary N) is 1. The van der Waals surface area contributed by atoms with Crippen molar-refractivity contribution in [2.75, 3.05) is 26.2 Å². The Morgan fingerprint density at radius 3 is 2.61 bits per heavy atom. The molecule has 0 unspecified atom stereocenters. The van der Waals surface area contributed by atoms with Crippen LogP contribution in [0.15, 0.2) is 30.9 Å². The molecule has 0 saturated carbocycles. The third-order valence-corrected chi connectivity index (χ3v) is 3.82. The Bertz CT molecular complexity index is 523. The molecule has 0 aromatic heterocycles. The van der Waals surface area contributed by atoms with Crippen LogP contribution in [0.1, 0.15) is 24.4 Å². The second-order valence-electron chi connectivity index (χ2n) is 5.17. The number of aromatic hydroxyl groups is 1. The van der Waals surface area contributed by atoms with Gasteiger partial charge in [0.1, 0.15) is 0 Å². The van der Waals surface area contributed by atoms with Crippen molar-refractivity contribution in [3.8, 4) is 5.75 Å². The zero-order valence-corrected chi connectivity index (χ0v) is 14.4. The summed E-state index contributed by atoms with van der Waals surface area (Å²) in [6, 6.07) is 4.80. The van der Waals surface area contributed by atoms with Gasteiger partial charge in [-0.05, 0) is 24.5 Å². The van der Waals surface area contributed by atoms with Crippen LogP contribution in [-0.4, -0.2) is 41.1 Å². The molecule has 0 radical (unpaired) electrons. The third kappa shape index (κ3) is 5.66. The molecule has 1 heterocycles. The molecular formula is C15H23Cl2N3O3. The number of nitro groups is 1. The topological polar surface area (TPSA) is 78.6 Å². The van der Waals surface area contributed by atoms with Crippen molar-refractivity contribution in [2.45, 2.75) is 18.9 Å². The van der Waals surface area contributed by atoms with E-state index >= 15 is 0 Å². The van der Waals surface area contributed by atoms with Crippen molar-refractivity contribution < 1.29 is 10.0 Å². The molecule has 1 saturated heterocycles. The van der Waals surface area contributed by atoms with Crippen LogP contribution in [0.25, 0.3) is 0 Å². The van der Waals surface area contributed by atoms with Crippen LogP contribution in [0.3, 0.4) is 0 Å². The molecule has 1 aliphatic heterocycles. The van der Waals surface area contributed by atoms with Crippen molar-refractivity contribution in [2.24, 2.45) is 0 Å². The number of phenolic OH excluding ortho intramolecular Hbond substituents is 1. The number of rotatable bonds is 6. The van der Waals surface area contributed by atoms with E-state index in [0.717, 1.165) is 44.6 Å². The van der Waals surface area contributed by atoms with E-state index in [2.05, 4.69) is 16.8 Å². The van der Waals surface area contributed by atoms with Gasteiger partial charge in [-0.3, -0.25) is 15.0 Å². The lowest BCUT2D eigenvalue weighted by molar-refractivity contribution is -0.386. The van der Waals surface area contributed by atoms with E-state index < -0.39 is 4.92 Å². The summed E-state index contributed by atoms with van der Waals surface area (Å²) >= 11 is 0. The number of phenols is 1. The van der Waals surface area contributed by atoms with E-state index in [9.17, 15) is 15.2 Å². The van der Waals surface area contributed by atoms with Crippen LogP contribution in [0.2, 0.25) is 0 Å². The van der Waals surface area contributed by atoms with Crippen molar-refractivity contribution in [1.29, 1.82) is 0 Å². The molecule has 6 nitrogen and oxygen atoms in total. The maximum atomic E-state index is 11.0. The van der Waals surface area contributed by atoms with E-state index in [1.807, 2.05) is 6.08 Å². The predicted octanol–water partition coefficient (Wildman–Crippen LogP) is 3.06. The summed E-state index contributed by atoms with van der Waals surface area (Å²) in [5.74, 6) is -0.286.